The van der Waals surface area contributed by atoms with Crippen LogP contribution in [-0.4, -0.2) is 27.8 Å². The number of rotatable bonds is 6. The van der Waals surface area contributed by atoms with Gasteiger partial charge in [0, 0.05) is 24.5 Å². The van der Waals surface area contributed by atoms with Gasteiger partial charge in [-0.1, -0.05) is 6.92 Å². The second-order valence-corrected chi connectivity index (χ2v) is 5.67. The molecule has 1 aromatic heterocycles. The number of anilines is 2. The Bertz CT molecular complexity index is 383. The molecule has 0 bridgehead atoms. The van der Waals surface area contributed by atoms with E-state index < -0.39 is 11.1 Å². The Morgan fingerprint density at radius 1 is 1.28 bits per heavy atom. The van der Waals surface area contributed by atoms with Crippen LogP contribution in [-0.2, 0) is 0 Å². The smallest absolute Gasteiger partial charge is 0.127 e. The first-order valence-corrected chi connectivity index (χ1v) is 6.47. The Labute approximate surface area is 110 Å². The van der Waals surface area contributed by atoms with Crippen LogP contribution in [0.25, 0.3) is 0 Å². The lowest BCUT2D eigenvalue weighted by Crippen LogP contribution is -2.51. The van der Waals surface area contributed by atoms with Crippen molar-refractivity contribution in [1.82, 2.24) is 4.98 Å². The van der Waals surface area contributed by atoms with Crippen LogP contribution in [0.3, 0.4) is 0 Å². The molecule has 0 fully saturated rings. The summed E-state index contributed by atoms with van der Waals surface area (Å²) in [5.74, 6) is 0.855. The van der Waals surface area contributed by atoms with Crippen LogP contribution in [0.5, 0.6) is 0 Å². The van der Waals surface area contributed by atoms with Crippen molar-refractivity contribution in [3.05, 3.63) is 18.3 Å². The first kappa shape index (κ1) is 14.8. The number of pyridine rings is 1. The second kappa shape index (κ2) is 5.57. The Morgan fingerprint density at radius 3 is 2.50 bits per heavy atom. The maximum Gasteiger partial charge on any atom is 0.127 e. The highest BCUT2D eigenvalue weighted by Gasteiger charge is 2.34. The van der Waals surface area contributed by atoms with E-state index in [0.29, 0.717) is 0 Å². The molecule has 1 aromatic rings. The van der Waals surface area contributed by atoms with Gasteiger partial charge >= 0.3 is 0 Å². The number of hydrogen-bond donors (Lipinski definition) is 3. The van der Waals surface area contributed by atoms with Crippen LogP contribution in [0, 0.1) is 0 Å². The molecule has 0 spiro atoms. The number of nitrogens with one attached hydrogen (secondary N) is 2. The highest BCUT2D eigenvalue weighted by Crippen LogP contribution is 2.26. The summed E-state index contributed by atoms with van der Waals surface area (Å²) in [4.78, 5) is 4.26. The lowest BCUT2D eigenvalue weighted by molar-refractivity contribution is 0.0240. The lowest BCUT2D eigenvalue weighted by Gasteiger charge is -2.38. The summed E-state index contributed by atoms with van der Waals surface area (Å²) in [5, 5.41) is 16.7. The molecule has 0 aromatic carbocycles. The average Bonchev–Trinajstić information content (AvgIpc) is 2.24. The van der Waals surface area contributed by atoms with Gasteiger partial charge in [0.05, 0.1) is 11.1 Å². The first-order valence-electron chi connectivity index (χ1n) is 6.47. The van der Waals surface area contributed by atoms with Crippen molar-refractivity contribution in [2.75, 3.05) is 17.2 Å². The topological polar surface area (TPSA) is 57.2 Å². The fraction of sp³-hybridized carbons (Fsp3) is 0.643. The summed E-state index contributed by atoms with van der Waals surface area (Å²) in [6.45, 7) is 10.6. The lowest BCUT2D eigenvalue weighted by atomic mass is 9.86. The monoisotopic (exact) mass is 251 g/mol. The third-order valence-corrected chi connectivity index (χ3v) is 3.30. The maximum absolute atomic E-state index is 10.1. The molecule has 3 N–H and O–H groups in total. The van der Waals surface area contributed by atoms with E-state index in [1.807, 2.05) is 26.0 Å². The molecule has 0 radical (unpaired) electrons. The molecule has 0 amide bonds. The Balaban J connectivity index is 2.79. The van der Waals surface area contributed by atoms with Gasteiger partial charge in [0.15, 0.2) is 0 Å². The summed E-state index contributed by atoms with van der Waals surface area (Å²) in [6.07, 6.45) is 2.83. The first-order chi connectivity index (χ1) is 8.26. The molecule has 0 aliphatic carbocycles. The van der Waals surface area contributed by atoms with Crippen molar-refractivity contribution < 1.29 is 5.11 Å². The maximum atomic E-state index is 10.1. The Morgan fingerprint density at radius 2 is 1.94 bits per heavy atom. The van der Waals surface area contributed by atoms with Crippen molar-refractivity contribution in [2.24, 2.45) is 0 Å². The van der Waals surface area contributed by atoms with Crippen LogP contribution in [0.4, 0.5) is 11.5 Å². The van der Waals surface area contributed by atoms with Crippen LogP contribution >= 0.6 is 0 Å². The van der Waals surface area contributed by atoms with Crippen molar-refractivity contribution in [3.8, 4) is 0 Å². The summed E-state index contributed by atoms with van der Waals surface area (Å²) in [7, 11) is 0. The molecule has 0 aliphatic rings. The van der Waals surface area contributed by atoms with Crippen LogP contribution < -0.4 is 10.6 Å². The highest BCUT2D eigenvalue weighted by molar-refractivity contribution is 5.53. The van der Waals surface area contributed by atoms with Gasteiger partial charge in [-0.15, -0.1) is 0 Å². The van der Waals surface area contributed by atoms with Crippen molar-refractivity contribution in [3.63, 3.8) is 0 Å². The minimum Gasteiger partial charge on any atom is -0.388 e. The zero-order valence-corrected chi connectivity index (χ0v) is 12.0. The van der Waals surface area contributed by atoms with Gasteiger partial charge in [0.25, 0.3) is 0 Å². The highest BCUT2D eigenvalue weighted by atomic mass is 16.3. The predicted octanol–water partition coefficient (Wildman–Crippen LogP) is 2.86. The molecule has 0 atom stereocenters. The Hall–Kier alpha value is -1.29. The van der Waals surface area contributed by atoms with E-state index >= 15 is 0 Å². The number of aliphatic hydroxyl groups is 1. The minimum atomic E-state index is -0.812. The normalized spacial score (nSPS) is 12.3. The van der Waals surface area contributed by atoms with Crippen LogP contribution in [0.2, 0.25) is 0 Å². The van der Waals surface area contributed by atoms with Crippen molar-refractivity contribution >= 4 is 11.5 Å². The summed E-state index contributed by atoms with van der Waals surface area (Å²) >= 11 is 0. The van der Waals surface area contributed by atoms with Gasteiger partial charge in [-0.05, 0) is 40.2 Å². The third kappa shape index (κ3) is 3.88. The molecular formula is C14H25N3O. The van der Waals surface area contributed by atoms with Gasteiger partial charge in [-0.25, -0.2) is 4.98 Å². The van der Waals surface area contributed by atoms with Gasteiger partial charge in [0.2, 0.25) is 0 Å². The molecule has 0 aliphatic heterocycles. The van der Waals surface area contributed by atoms with E-state index in [1.165, 1.54) is 0 Å². The molecule has 4 nitrogen and oxygen atoms in total. The molecule has 0 saturated heterocycles. The molecule has 1 rings (SSSR count). The van der Waals surface area contributed by atoms with E-state index in [1.54, 1.807) is 20.0 Å². The fourth-order valence-corrected chi connectivity index (χ4v) is 1.37. The minimum absolute atomic E-state index is 0.420. The number of hydrogen-bond acceptors (Lipinski definition) is 4. The molecule has 0 saturated carbocycles. The SMILES string of the molecule is CCCNc1cc(NC(C)(C)C(C)(C)O)ccn1. The van der Waals surface area contributed by atoms with Gasteiger partial charge in [-0.3, -0.25) is 0 Å². The van der Waals surface area contributed by atoms with Crippen molar-refractivity contribution in [2.45, 2.75) is 52.2 Å². The molecule has 0 unspecified atom stereocenters. The van der Waals surface area contributed by atoms with Gasteiger partial charge in [-0.2, -0.15) is 0 Å². The predicted molar refractivity (Wildman–Crippen MR) is 77.0 cm³/mol. The van der Waals surface area contributed by atoms with E-state index in [9.17, 15) is 5.11 Å². The zero-order chi connectivity index (χ0) is 13.8. The van der Waals surface area contributed by atoms with Crippen molar-refractivity contribution in [1.29, 1.82) is 0 Å². The third-order valence-electron chi connectivity index (χ3n) is 3.30. The number of nitrogens with zero attached hydrogens (tertiary/aromatic N) is 1. The summed E-state index contributed by atoms with van der Waals surface area (Å²) in [5.41, 5.74) is -0.278. The van der Waals surface area contributed by atoms with Gasteiger partial charge in [0.1, 0.15) is 5.82 Å². The Kier molecular flexibility index (Phi) is 4.57. The number of aromatic nitrogens is 1. The van der Waals surface area contributed by atoms with Crippen LogP contribution in [0.15, 0.2) is 18.3 Å². The standard InChI is InChI=1S/C14H25N3O/c1-6-8-15-12-10-11(7-9-16-12)17-13(2,3)14(4,5)18/h7,9-10,18H,6,8H2,1-5H3,(H2,15,16,17). The van der Waals surface area contributed by atoms with Crippen LogP contribution in [0.1, 0.15) is 41.0 Å². The second-order valence-electron chi connectivity index (χ2n) is 5.67. The molecule has 4 heteroatoms. The van der Waals surface area contributed by atoms with E-state index in [4.69, 9.17) is 0 Å². The molecule has 1 heterocycles. The van der Waals surface area contributed by atoms with E-state index in [0.717, 1.165) is 24.5 Å². The summed E-state index contributed by atoms with van der Waals surface area (Å²) < 4.78 is 0. The van der Waals surface area contributed by atoms with Gasteiger partial charge < -0.3 is 15.7 Å². The van der Waals surface area contributed by atoms with E-state index in [2.05, 4.69) is 22.5 Å². The molecule has 18 heavy (non-hydrogen) atoms. The fourth-order valence-electron chi connectivity index (χ4n) is 1.37. The molecular weight excluding hydrogens is 226 g/mol. The zero-order valence-electron chi connectivity index (χ0n) is 12.0. The quantitative estimate of drug-likeness (QED) is 0.727. The van der Waals surface area contributed by atoms with E-state index in [-0.39, 0.29) is 0 Å². The molecule has 102 valence electrons. The largest absolute Gasteiger partial charge is 0.388 e. The average molecular weight is 251 g/mol. The summed E-state index contributed by atoms with van der Waals surface area (Å²) in [6, 6.07) is 3.87.